The molecule has 0 aliphatic carbocycles. The third-order valence-corrected chi connectivity index (χ3v) is 2.43. The lowest BCUT2D eigenvalue weighted by Crippen LogP contribution is -2.51. The van der Waals surface area contributed by atoms with Gasteiger partial charge in [0.1, 0.15) is 0 Å². The van der Waals surface area contributed by atoms with Crippen molar-refractivity contribution in [2.75, 3.05) is 19.7 Å². The Morgan fingerprint density at radius 2 is 2.00 bits per heavy atom. The van der Waals surface area contributed by atoms with Crippen molar-refractivity contribution in [3.63, 3.8) is 0 Å². The molecule has 96 valence electrons. The summed E-state index contributed by atoms with van der Waals surface area (Å²) < 4.78 is 0. The van der Waals surface area contributed by atoms with Crippen molar-refractivity contribution in [1.82, 2.24) is 10.2 Å². The monoisotopic (exact) mass is 230 g/mol. The molecule has 0 aliphatic heterocycles. The van der Waals surface area contributed by atoms with E-state index < -0.39 is 0 Å². The van der Waals surface area contributed by atoms with Crippen LogP contribution >= 0.6 is 0 Å². The van der Waals surface area contributed by atoms with Crippen LogP contribution in [0.5, 0.6) is 0 Å². The first-order chi connectivity index (χ1) is 7.31. The molecule has 0 saturated heterocycles. The molecule has 0 spiro atoms. The van der Waals surface area contributed by atoms with Gasteiger partial charge in [-0.25, -0.2) is 0 Å². The van der Waals surface area contributed by atoms with Crippen LogP contribution in [-0.4, -0.2) is 47.2 Å². The Bertz CT molecular complexity index is 212. The Morgan fingerprint density at radius 1 is 1.44 bits per heavy atom. The van der Waals surface area contributed by atoms with E-state index in [4.69, 9.17) is 5.11 Å². The van der Waals surface area contributed by atoms with Gasteiger partial charge in [0.2, 0.25) is 5.91 Å². The van der Waals surface area contributed by atoms with Crippen molar-refractivity contribution in [2.45, 2.75) is 52.6 Å². The number of nitrogens with zero attached hydrogens (tertiary/aromatic N) is 1. The lowest BCUT2D eigenvalue weighted by molar-refractivity contribution is -0.127. The number of nitrogens with one attached hydrogen (secondary N) is 1. The van der Waals surface area contributed by atoms with Crippen molar-refractivity contribution >= 4 is 5.91 Å². The van der Waals surface area contributed by atoms with Crippen LogP contribution in [0.3, 0.4) is 0 Å². The van der Waals surface area contributed by atoms with Crippen molar-refractivity contribution in [3.8, 4) is 0 Å². The minimum Gasteiger partial charge on any atom is -0.396 e. The van der Waals surface area contributed by atoms with Crippen LogP contribution in [0.25, 0.3) is 0 Å². The van der Waals surface area contributed by atoms with E-state index in [1.54, 1.807) is 0 Å². The second-order valence-electron chi connectivity index (χ2n) is 5.12. The van der Waals surface area contributed by atoms with E-state index in [9.17, 15) is 4.79 Å². The maximum Gasteiger partial charge on any atom is 0.237 e. The number of carbonyl (C=O) groups is 1. The number of carbonyl (C=O) groups excluding carboxylic acids is 1. The summed E-state index contributed by atoms with van der Waals surface area (Å²) in [6.45, 7) is 11.6. The van der Waals surface area contributed by atoms with Gasteiger partial charge in [-0.15, -0.1) is 0 Å². The third-order valence-electron chi connectivity index (χ3n) is 2.43. The summed E-state index contributed by atoms with van der Waals surface area (Å²) >= 11 is 0. The van der Waals surface area contributed by atoms with Gasteiger partial charge in [-0.1, -0.05) is 6.92 Å². The van der Waals surface area contributed by atoms with Gasteiger partial charge in [0, 0.05) is 18.7 Å². The standard InChI is InChI=1S/C12H26N2O2/c1-6-14(8-7-9-15)10(2)11(16)13-12(3,4)5/h10,15H,6-9H2,1-5H3,(H,13,16). The zero-order valence-corrected chi connectivity index (χ0v) is 11.2. The van der Waals surface area contributed by atoms with Crippen molar-refractivity contribution in [2.24, 2.45) is 0 Å². The van der Waals surface area contributed by atoms with Gasteiger partial charge in [0.05, 0.1) is 6.04 Å². The van der Waals surface area contributed by atoms with Crippen molar-refractivity contribution < 1.29 is 9.90 Å². The Kier molecular flexibility index (Phi) is 6.60. The summed E-state index contributed by atoms with van der Waals surface area (Å²) in [5.74, 6) is 0.0484. The molecule has 0 aliphatic rings. The molecule has 0 aromatic carbocycles. The van der Waals surface area contributed by atoms with Crippen LogP contribution in [0.15, 0.2) is 0 Å². The Hall–Kier alpha value is -0.610. The molecule has 0 rings (SSSR count). The van der Waals surface area contributed by atoms with Gasteiger partial charge in [-0.2, -0.15) is 0 Å². The quantitative estimate of drug-likeness (QED) is 0.715. The number of hydrogen-bond donors (Lipinski definition) is 2. The Morgan fingerprint density at radius 3 is 2.38 bits per heavy atom. The first-order valence-electron chi connectivity index (χ1n) is 5.98. The molecule has 1 amide bonds. The molecule has 1 atom stereocenters. The molecule has 1 unspecified atom stereocenters. The van der Waals surface area contributed by atoms with Gasteiger partial charge < -0.3 is 10.4 Å². The summed E-state index contributed by atoms with van der Waals surface area (Å²) in [6, 6.07) is -0.143. The van der Waals surface area contributed by atoms with Gasteiger partial charge >= 0.3 is 0 Å². The summed E-state index contributed by atoms with van der Waals surface area (Å²) in [7, 11) is 0. The van der Waals surface area contributed by atoms with E-state index in [2.05, 4.69) is 10.2 Å². The van der Waals surface area contributed by atoms with Crippen LogP contribution in [0.2, 0.25) is 0 Å². The van der Waals surface area contributed by atoms with E-state index in [0.29, 0.717) is 6.42 Å². The second-order valence-corrected chi connectivity index (χ2v) is 5.12. The highest BCUT2D eigenvalue weighted by Crippen LogP contribution is 2.04. The Balaban J connectivity index is 4.27. The number of hydrogen-bond acceptors (Lipinski definition) is 3. The fraction of sp³-hybridized carbons (Fsp3) is 0.917. The number of amides is 1. The summed E-state index contributed by atoms with van der Waals surface area (Å²) in [5, 5.41) is 11.8. The van der Waals surface area contributed by atoms with Gasteiger partial charge in [0.25, 0.3) is 0 Å². The molecule has 2 N–H and O–H groups in total. The van der Waals surface area contributed by atoms with E-state index in [0.717, 1.165) is 13.1 Å². The average Bonchev–Trinajstić information content (AvgIpc) is 2.16. The zero-order chi connectivity index (χ0) is 12.8. The molecule has 0 aromatic heterocycles. The maximum atomic E-state index is 11.9. The number of rotatable bonds is 6. The van der Waals surface area contributed by atoms with Crippen molar-refractivity contribution in [3.05, 3.63) is 0 Å². The molecular weight excluding hydrogens is 204 g/mol. The third kappa shape index (κ3) is 6.08. The first-order valence-corrected chi connectivity index (χ1v) is 5.98. The van der Waals surface area contributed by atoms with E-state index in [1.807, 2.05) is 34.6 Å². The average molecular weight is 230 g/mol. The van der Waals surface area contributed by atoms with E-state index in [1.165, 1.54) is 0 Å². The lowest BCUT2D eigenvalue weighted by Gasteiger charge is -2.30. The number of aliphatic hydroxyl groups is 1. The van der Waals surface area contributed by atoms with Gasteiger partial charge in [-0.05, 0) is 40.7 Å². The topological polar surface area (TPSA) is 52.6 Å². The largest absolute Gasteiger partial charge is 0.396 e. The molecule has 0 bridgehead atoms. The minimum absolute atomic E-state index is 0.0484. The molecule has 0 radical (unpaired) electrons. The normalized spacial score (nSPS) is 13.9. The molecule has 0 heterocycles. The molecule has 16 heavy (non-hydrogen) atoms. The van der Waals surface area contributed by atoms with Gasteiger partial charge in [-0.3, -0.25) is 9.69 Å². The van der Waals surface area contributed by atoms with E-state index >= 15 is 0 Å². The highest BCUT2D eigenvalue weighted by Gasteiger charge is 2.23. The fourth-order valence-electron chi connectivity index (χ4n) is 1.54. The van der Waals surface area contributed by atoms with E-state index in [-0.39, 0.29) is 24.1 Å². The van der Waals surface area contributed by atoms with Crippen LogP contribution < -0.4 is 5.32 Å². The van der Waals surface area contributed by atoms with Crippen LogP contribution in [0, 0.1) is 0 Å². The fourth-order valence-corrected chi connectivity index (χ4v) is 1.54. The molecular formula is C12H26N2O2. The van der Waals surface area contributed by atoms with Crippen LogP contribution in [0.4, 0.5) is 0 Å². The second kappa shape index (κ2) is 6.86. The molecule has 0 aromatic rings. The molecule has 0 saturated carbocycles. The highest BCUT2D eigenvalue weighted by molar-refractivity contribution is 5.81. The maximum absolute atomic E-state index is 11.9. The van der Waals surface area contributed by atoms with Crippen LogP contribution in [0.1, 0.15) is 41.0 Å². The summed E-state index contributed by atoms with van der Waals surface area (Å²) in [5.41, 5.74) is -0.193. The van der Waals surface area contributed by atoms with Crippen molar-refractivity contribution in [1.29, 1.82) is 0 Å². The predicted octanol–water partition coefficient (Wildman–Crippen LogP) is 0.994. The lowest BCUT2D eigenvalue weighted by atomic mass is 10.1. The first kappa shape index (κ1) is 15.4. The highest BCUT2D eigenvalue weighted by atomic mass is 16.3. The minimum atomic E-state index is -0.193. The number of aliphatic hydroxyl groups excluding tert-OH is 1. The predicted molar refractivity (Wildman–Crippen MR) is 66.3 cm³/mol. The Labute approximate surface area is 99.0 Å². The number of likely N-dealkylation sites (N-methyl/N-ethyl adjacent to an activating group) is 1. The summed E-state index contributed by atoms with van der Waals surface area (Å²) in [4.78, 5) is 14.0. The molecule has 4 nitrogen and oxygen atoms in total. The SMILES string of the molecule is CCN(CCCO)C(C)C(=O)NC(C)(C)C. The van der Waals surface area contributed by atoms with Gasteiger partial charge in [0.15, 0.2) is 0 Å². The molecule has 0 fully saturated rings. The zero-order valence-electron chi connectivity index (χ0n) is 11.2. The molecule has 4 heteroatoms. The summed E-state index contributed by atoms with van der Waals surface area (Å²) in [6.07, 6.45) is 0.709. The van der Waals surface area contributed by atoms with Crippen LogP contribution in [-0.2, 0) is 4.79 Å². The smallest absolute Gasteiger partial charge is 0.237 e.